The number of nitrogens with two attached hydrogens (primary N) is 1. The van der Waals surface area contributed by atoms with Gasteiger partial charge in [-0.1, -0.05) is 11.6 Å². The van der Waals surface area contributed by atoms with Crippen LogP contribution in [0.3, 0.4) is 0 Å². The van der Waals surface area contributed by atoms with E-state index in [0.717, 1.165) is 15.7 Å². The van der Waals surface area contributed by atoms with Gasteiger partial charge in [0.2, 0.25) is 0 Å². The SMILES string of the molecule is Cc1c(NN)ncnc1Nc1ccc(Cl)cc1Br. The van der Waals surface area contributed by atoms with Gasteiger partial charge in [0.05, 0.1) is 5.69 Å². The molecule has 0 aliphatic carbocycles. The predicted octanol–water partition coefficient (Wildman–Crippen LogP) is 3.23. The Morgan fingerprint density at radius 1 is 1.28 bits per heavy atom. The summed E-state index contributed by atoms with van der Waals surface area (Å²) in [6.07, 6.45) is 1.44. The van der Waals surface area contributed by atoms with E-state index < -0.39 is 0 Å². The van der Waals surface area contributed by atoms with Gasteiger partial charge >= 0.3 is 0 Å². The number of hydrazine groups is 1. The first kappa shape index (κ1) is 13.1. The van der Waals surface area contributed by atoms with Crippen molar-refractivity contribution in [1.82, 2.24) is 9.97 Å². The number of aromatic nitrogens is 2. The molecule has 1 aromatic carbocycles. The maximum absolute atomic E-state index is 5.89. The zero-order valence-electron chi connectivity index (χ0n) is 9.54. The number of hydrogen-bond acceptors (Lipinski definition) is 5. The van der Waals surface area contributed by atoms with Gasteiger partial charge < -0.3 is 10.7 Å². The minimum absolute atomic E-state index is 0.581. The highest BCUT2D eigenvalue weighted by atomic mass is 79.9. The van der Waals surface area contributed by atoms with Crippen molar-refractivity contribution in [3.63, 3.8) is 0 Å². The van der Waals surface area contributed by atoms with E-state index in [-0.39, 0.29) is 0 Å². The summed E-state index contributed by atoms with van der Waals surface area (Å²) < 4.78 is 0.857. The molecule has 2 rings (SSSR count). The third-order valence-corrected chi connectivity index (χ3v) is 3.30. The average Bonchev–Trinajstić information content (AvgIpc) is 2.35. The van der Waals surface area contributed by atoms with E-state index in [0.29, 0.717) is 16.7 Å². The maximum Gasteiger partial charge on any atom is 0.148 e. The summed E-state index contributed by atoms with van der Waals surface area (Å²) in [4.78, 5) is 8.19. The molecule has 18 heavy (non-hydrogen) atoms. The largest absolute Gasteiger partial charge is 0.339 e. The number of hydrogen-bond donors (Lipinski definition) is 3. The van der Waals surface area contributed by atoms with Crippen molar-refractivity contribution >= 4 is 44.9 Å². The van der Waals surface area contributed by atoms with Gasteiger partial charge in [0.15, 0.2) is 0 Å². The molecule has 0 spiro atoms. The Morgan fingerprint density at radius 2 is 2.00 bits per heavy atom. The van der Waals surface area contributed by atoms with Crippen molar-refractivity contribution in [2.24, 2.45) is 5.84 Å². The second-order valence-corrected chi connectivity index (χ2v) is 4.88. The van der Waals surface area contributed by atoms with Gasteiger partial charge in [-0.15, -0.1) is 0 Å². The van der Waals surface area contributed by atoms with E-state index in [1.807, 2.05) is 19.1 Å². The first-order chi connectivity index (χ1) is 8.61. The molecule has 0 aliphatic heterocycles. The molecule has 0 amide bonds. The van der Waals surface area contributed by atoms with Gasteiger partial charge in [-0.3, -0.25) is 0 Å². The van der Waals surface area contributed by atoms with Gasteiger partial charge in [0.1, 0.15) is 18.0 Å². The highest BCUT2D eigenvalue weighted by Gasteiger charge is 2.08. The molecule has 0 atom stereocenters. The van der Waals surface area contributed by atoms with Crippen molar-refractivity contribution in [3.8, 4) is 0 Å². The van der Waals surface area contributed by atoms with E-state index in [9.17, 15) is 0 Å². The van der Waals surface area contributed by atoms with Crippen LogP contribution in [0.15, 0.2) is 29.0 Å². The smallest absolute Gasteiger partial charge is 0.148 e. The van der Waals surface area contributed by atoms with E-state index in [2.05, 4.69) is 36.6 Å². The number of benzene rings is 1. The molecule has 0 radical (unpaired) electrons. The molecule has 0 aliphatic rings. The zero-order valence-corrected chi connectivity index (χ0v) is 11.9. The highest BCUT2D eigenvalue weighted by molar-refractivity contribution is 9.10. The Morgan fingerprint density at radius 3 is 2.67 bits per heavy atom. The quantitative estimate of drug-likeness (QED) is 0.596. The Balaban J connectivity index is 2.34. The lowest BCUT2D eigenvalue weighted by Crippen LogP contribution is -2.11. The zero-order chi connectivity index (χ0) is 13.1. The van der Waals surface area contributed by atoms with Crippen molar-refractivity contribution in [2.75, 3.05) is 10.7 Å². The lowest BCUT2D eigenvalue weighted by molar-refractivity contribution is 1.10. The normalized spacial score (nSPS) is 10.2. The fourth-order valence-electron chi connectivity index (χ4n) is 1.44. The predicted molar refractivity (Wildman–Crippen MR) is 77.0 cm³/mol. The van der Waals surface area contributed by atoms with Crippen LogP contribution >= 0.6 is 27.5 Å². The van der Waals surface area contributed by atoms with E-state index in [1.54, 1.807) is 6.07 Å². The number of halogens is 2. The molecule has 5 nitrogen and oxygen atoms in total. The van der Waals surface area contributed by atoms with Crippen LogP contribution in [-0.4, -0.2) is 9.97 Å². The van der Waals surface area contributed by atoms with E-state index in [1.165, 1.54) is 6.33 Å². The van der Waals surface area contributed by atoms with Gasteiger partial charge in [-0.25, -0.2) is 15.8 Å². The van der Waals surface area contributed by atoms with Crippen molar-refractivity contribution < 1.29 is 0 Å². The highest BCUT2D eigenvalue weighted by Crippen LogP contribution is 2.29. The molecule has 4 N–H and O–H groups in total. The minimum atomic E-state index is 0.581. The average molecular weight is 329 g/mol. The topological polar surface area (TPSA) is 75.9 Å². The van der Waals surface area contributed by atoms with Crippen LogP contribution in [0.25, 0.3) is 0 Å². The molecule has 94 valence electrons. The lowest BCUT2D eigenvalue weighted by Gasteiger charge is -2.12. The maximum atomic E-state index is 5.89. The number of nitrogens with one attached hydrogen (secondary N) is 2. The summed E-state index contributed by atoms with van der Waals surface area (Å²) >= 11 is 9.32. The lowest BCUT2D eigenvalue weighted by atomic mass is 10.2. The molecule has 0 fully saturated rings. The summed E-state index contributed by atoms with van der Waals surface area (Å²) in [6, 6.07) is 5.47. The molecule has 0 unspecified atom stereocenters. The van der Waals surface area contributed by atoms with Crippen molar-refractivity contribution in [3.05, 3.63) is 39.6 Å². The van der Waals surface area contributed by atoms with Crippen LogP contribution < -0.4 is 16.6 Å². The number of nitrogen functional groups attached to an aromatic ring is 1. The van der Waals surface area contributed by atoms with Crippen LogP contribution in [0.5, 0.6) is 0 Å². The molecule has 1 aromatic heterocycles. The molecule has 7 heteroatoms. The summed E-state index contributed by atoms with van der Waals surface area (Å²) in [5.41, 5.74) is 4.22. The number of anilines is 3. The molecular formula is C11H11BrClN5. The van der Waals surface area contributed by atoms with Crippen LogP contribution in [-0.2, 0) is 0 Å². The monoisotopic (exact) mass is 327 g/mol. The van der Waals surface area contributed by atoms with Gasteiger partial charge in [0, 0.05) is 15.1 Å². The molecular weight excluding hydrogens is 318 g/mol. The summed E-state index contributed by atoms with van der Waals surface area (Å²) in [6.45, 7) is 1.88. The fraction of sp³-hybridized carbons (Fsp3) is 0.0909. The second-order valence-electron chi connectivity index (χ2n) is 3.59. The Labute approximate surface area is 118 Å². The van der Waals surface area contributed by atoms with E-state index in [4.69, 9.17) is 17.4 Å². The van der Waals surface area contributed by atoms with Crippen LogP contribution in [0.4, 0.5) is 17.3 Å². The van der Waals surface area contributed by atoms with Crippen LogP contribution in [0.2, 0.25) is 5.02 Å². The van der Waals surface area contributed by atoms with Crippen molar-refractivity contribution in [2.45, 2.75) is 6.92 Å². The molecule has 0 saturated carbocycles. The number of rotatable bonds is 3. The molecule has 2 aromatic rings. The summed E-state index contributed by atoms with van der Waals surface area (Å²) in [5, 5.41) is 3.85. The van der Waals surface area contributed by atoms with E-state index >= 15 is 0 Å². The minimum Gasteiger partial charge on any atom is -0.339 e. The third-order valence-electron chi connectivity index (χ3n) is 2.41. The summed E-state index contributed by atoms with van der Waals surface area (Å²) in [7, 11) is 0. The van der Waals surface area contributed by atoms with Gasteiger partial charge in [-0.05, 0) is 41.1 Å². The van der Waals surface area contributed by atoms with Crippen LogP contribution in [0, 0.1) is 6.92 Å². The molecule has 1 heterocycles. The Kier molecular flexibility index (Phi) is 4.00. The van der Waals surface area contributed by atoms with Crippen molar-refractivity contribution in [1.29, 1.82) is 0 Å². The van der Waals surface area contributed by atoms with Gasteiger partial charge in [-0.2, -0.15) is 0 Å². The molecule has 0 saturated heterocycles. The standard InChI is InChI=1S/C11H11BrClN5/c1-6-10(15-5-16-11(6)18-14)17-9-3-2-7(13)4-8(9)12/h2-5H,14H2,1H3,(H2,15,16,17,18). The Hall–Kier alpha value is -1.37. The third kappa shape index (κ3) is 2.72. The number of nitrogens with zero attached hydrogens (tertiary/aromatic N) is 2. The second kappa shape index (κ2) is 5.51. The summed E-state index contributed by atoms with van der Waals surface area (Å²) in [5.74, 6) is 6.63. The van der Waals surface area contributed by atoms with Gasteiger partial charge in [0.25, 0.3) is 0 Å². The fourth-order valence-corrected chi connectivity index (χ4v) is 2.22. The Bertz CT molecular complexity index is 575. The molecule has 0 bridgehead atoms. The first-order valence-electron chi connectivity index (χ1n) is 5.12. The van der Waals surface area contributed by atoms with Crippen LogP contribution in [0.1, 0.15) is 5.56 Å². The first-order valence-corrected chi connectivity index (χ1v) is 6.29.